The molecule has 2 atom stereocenters. The molecular formula is C12H19NO3S. The molecule has 0 fully saturated rings. The van der Waals surface area contributed by atoms with E-state index in [9.17, 15) is 9.90 Å². The fourth-order valence-electron chi connectivity index (χ4n) is 1.99. The molecule has 1 rings (SSSR count). The fraction of sp³-hybridized carbons (Fsp3) is 0.667. The molecule has 1 N–H and O–H groups in total. The van der Waals surface area contributed by atoms with E-state index in [0.717, 1.165) is 0 Å². The van der Waals surface area contributed by atoms with Crippen LogP contribution in [0.25, 0.3) is 0 Å². The van der Waals surface area contributed by atoms with Crippen LogP contribution in [-0.4, -0.2) is 22.7 Å². The number of ether oxygens (including phenoxy) is 1. The van der Waals surface area contributed by atoms with Crippen LogP contribution in [0.2, 0.25) is 0 Å². The van der Waals surface area contributed by atoms with E-state index in [0.29, 0.717) is 11.6 Å². The average molecular weight is 257 g/mol. The summed E-state index contributed by atoms with van der Waals surface area (Å²) in [6, 6.07) is 0. The van der Waals surface area contributed by atoms with Crippen LogP contribution in [0, 0.1) is 11.8 Å². The molecule has 0 spiro atoms. The maximum atomic E-state index is 11.9. The van der Waals surface area contributed by atoms with Crippen molar-refractivity contribution in [3.05, 3.63) is 16.6 Å². The molecule has 1 aromatic heterocycles. The molecular weight excluding hydrogens is 238 g/mol. The quantitative estimate of drug-likeness (QED) is 0.821. The number of carbonyl (C=O) groups excluding carboxylic acids is 1. The van der Waals surface area contributed by atoms with E-state index in [1.807, 2.05) is 13.8 Å². The molecule has 0 amide bonds. The average Bonchev–Trinajstić information content (AvgIpc) is 2.69. The Balaban J connectivity index is 3.02. The van der Waals surface area contributed by atoms with Gasteiger partial charge in [0.1, 0.15) is 10.6 Å². The molecule has 4 nitrogen and oxygen atoms in total. The largest absolute Gasteiger partial charge is 0.466 e. The minimum Gasteiger partial charge on any atom is -0.466 e. The Hall–Kier alpha value is -0.940. The molecule has 2 unspecified atom stereocenters. The number of carbonyl (C=O) groups is 1. The minimum absolute atomic E-state index is 0.0204. The Morgan fingerprint density at radius 2 is 2.29 bits per heavy atom. The van der Waals surface area contributed by atoms with Gasteiger partial charge in [-0.15, -0.1) is 11.3 Å². The van der Waals surface area contributed by atoms with Crippen molar-refractivity contribution >= 4 is 17.3 Å². The highest BCUT2D eigenvalue weighted by Crippen LogP contribution is 2.36. The maximum Gasteiger partial charge on any atom is 0.312 e. The minimum atomic E-state index is -1.28. The Kier molecular flexibility index (Phi) is 4.65. The summed E-state index contributed by atoms with van der Waals surface area (Å²) in [5, 5.41) is 12.9. The molecule has 0 radical (unpaired) electrons. The first-order valence-electron chi connectivity index (χ1n) is 5.70. The second-order valence-corrected chi connectivity index (χ2v) is 5.35. The monoisotopic (exact) mass is 257 g/mol. The second kappa shape index (κ2) is 5.60. The Bertz CT molecular complexity index is 360. The van der Waals surface area contributed by atoms with Crippen molar-refractivity contribution in [2.24, 2.45) is 11.8 Å². The summed E-state index contributed by atoms with van der Waals surface area (Å²) in [5.41, 5.74) is -1.28. The molecule has 0 saturated heterocycles. The van der Waals surface area contributed by atoms with Gasteiger partial charge in [-0.25, -0.2) is 4.98 Å². The first-order valence-corrected chi connectivity index (χ1v) is 6.58. The number of esters is 1. The molecule has 5 heteroatoms. The third-order valence-corrected chi connectivity index (χ3v) is 3.68. The summed E-state index contributed by atoms with van der Waals surface area (Å²) in [5.74, 6) is -0.996. The summed E-state index contributed by atoms with van der Waals surface area (Å²) in [6.45, 7) is 7.48. The standard InChI is InChI=1S/C12H19NO3S/c1-5-16-10(14)9(8(2)3)12(4,15)11-13-6-7-17-11/h6-9,15H,5H2,1-4H3. The van der Waals surface area contributed by atoms with E-state index >= 15 is 0 Å². The lowest BCUT2D eigenvalue weighted by atomic mass is 9.81. The topological polar surface area (TPSA) is 59.4 Å². The normalized spacial score (nSPS) is 16.6. The highest BCUT2D eigenvalue weighted by Gasteiger charge is 2.43. The van der Waals surface area contributed by atoms with Crippen LogP contribution in [0.3, 0.4) is 0 Å². The number of rotatable bonds is 5. The zero-order chi connectivity index (χ0) is 13.1. The Morgan fingerprint density at radius 3 is 2.71 bits per heavy atom. The van der Waals surface area contributed by atoms with Crippen molar-refractivity contribution in [3.63, 3.8) is 0 Å². The molecule has 0 bridgehead atoms. The van der Waals surface area contributed by atoms with Gasteiger partial charge < -0.3 is 9.84 Å². The summed E-state index contributed by atoms with van der Waals surface area (Å²) >= 11 is 1.34. The molecule has 1 aromatic rings. The SMILES string of the molecule is CCOC(=O)C(C(C)C)C(C)(O)c1nccs1. The molecule has 96 valence electrons. The predicted molar refractivity (Wildman–Crippen MR) is 66.6 cm³/mol. The molecule has 1 heterocycles. The Labute approximate surface area is 106 Å². The van der Waals surface area contributed by atoms with E-state index in [1.54, 1.807) is 25.4 Å². The van der Waals surface area contributed by atoms with Gasteiger partial charge in [-0.05, 0) is 19.8 Å². The summed E-state index contributed by atoms with van der Waals surface area (Å²) in [7, 11) is 0. The molecule has 17 heavy (non-hydrogen) atoms. The number of hydrogen-bond donors (Lipinski definition) is 1. The van der Waals surface area contributed by atoms with Crippen LogP contribution in [0.15, 0.2) is 11.6 Å². The molecule has 0 saturated carbocycles. The van der Waals surface area contributed by atoms with Gasteiger partial charge in [0.15, 0.2) is 0 Å². The van der Waals surface area contributed by atoms with Crippen LogP contribution in [-0.2, 0) is 15.1 Å². The van der Waals surface area contributed by atoms with Crippen molar-refractivity contribution in [2.75, 3.05) is 6.61 Å². The van der Waals surface area contributed by atoms with Crippen molar-refractivity contribution in [1.29, 1.82) is 0 Å². The van der Waals surface area contributed by atoms with Crippen molar-refractivity contribution in [1.82, 2.24) is 4.98 Å². The first kappa shape index (κ1) is 14.1. The highest BCUT2D eigenvalue weighted by molar-refractivity contribution is 7.09. The lowest BCUT2D eigenvalue weighted by Crippen LogP contribution is -2.41. The fourth-order valence-corrected chi connectivity index (χ4v) is 2.73. The third kappa shape index (κ3) is 3.04. The van der Waals surface area contributed by atoms with Gasteiger partial charge in [-0.2, -0.15) is 0 Å². The summed E-state index contributed by atoms with van der Waals surface area (Å²) in [6.07, 6.45) is 1.62. The van der Waals surface area contributed by atoms with Crippen LogP contribution in [0.4, 0.5) is 0 Å². The smallest absolute Gasteiger partial charge is 0.312 e. The number of hydrogen-bond acceptors (Lipinski definition) is 5. The maximum absolute atomic E-state index is 11.9. The van der Waals surface area contributed by atoms with Crippen molar-refractivity contribution in [3.8, 4) is 0 Å². The van der Waals surface area contributed by atoms with E-state index in [-0.39, 0.29) is 11.9 Å². The molecule has 0 aromatic carbocycles. The summed E-state index contributed by atoms with van der Waals surface area (Å²) in [4.78, 5) is 16.0. The van der Waals surface area contributed by atoms with E-state index in [4.69, 9.17) is 4.74 Å². The number of aromatic nitrogens is 1. The molecule has 0 aliphatic rings. The predicted octanol–water partition coefficient (Wildman–Crippen LogP) is 2.19. The van der Waals surface area contributed by atoms with E-state index in [2.05, 4.69) is 4.98 Å². The van der Waals surface area contributed by atoms with Crippen LogP contribution >= 0.6 is 11.3 Å². The number of aliphatic hydroxyl groups is 1. The van der Waals surface area contributed by atoms with E-state index < -0.39 is 11.5 Å². The van der Waals surface area contributed by atoms with Crippen molar-refractivity contribution < 1.29 is 14.6 Å². The van der Waals surface area contributed by atoms with Gasteiger partial charge in [-0.3, -0.25) is 4.79 Å². The van der Waals surface area contributed by atoms with Crippen LogP contribution in [0.1, 0.15) is 32.7 Å². The zero-order valence-electron chi connectivity index (χ0n) is 10.6. The molecule has 0 aliphatic carbocycles. The van der Waals surface area contributed by atoms with Crippen molar-refractivity contribution in [2.45, 2.75) is 33.3 Å². The molecule has 0 aliphatic heterocycles. The van der Waals surface area contributed by atoms with Gasteiger partial charge in [0.05, 0.1) is 12.5 Å². The number of thiazole rings is 1. The summed E-state index contributed by atoms with van der Waals surface area (Å²) < 4.78 is 5.03. The van der Waals surface area contributed by atoms with Gasteiger partial charge >= 0.3 is 5.97 Å². The lowest BCUT2D eigenvalue weighted by molar-refractivity contribution is -0.161. The van der Waals surface area contributed by atoms with Crippen LogP contribution < -0.4 is 0 Å². The number of nitrogens with zero attached hydrogens (tertiary/aromatic N) is 1. The highest BCUT2D eigenvalue weighted by atomic mass is 32.1. The third-order valence-electron chi connectivity index (χ3n) is 2.68. The van der Waals surface area contributed by atoms with Gasteiger partial charge in [0, 0.05) is 11.6 Å². The zero-order valence-corrected chi connectivity index (χ0v) is 11.5. The van der Waals surface area contributed by atoms with Gasteiger partial charge in [0.2, 0.25) is 0 Å². The van der Waals surface area contributed by atoms with Crippen LogP contribution in [0.5, 0.6) is 0 Å². The van der Waals surface area contributed by atoms with Gasteiger partial charge in [-0.1, -0.05) is 13.8 Å². The Morgan fingerprint density at radius 1 is 1.65 bits per heavy atom. The lowest BCUT2D eigenvalue weighted by Gasteiger charge is -2.32. The van der Waals surface area contributed by atoms with Gasteiger partial charge in [0.25, 0.3) is 0 Å². The first-order chi connectivity index (χ1) is 7.91. The second-order valence-electron chi connectivity index (χ2n) is 4.46. The van der Waals surface area contributed by atoms with E-state index in [1.165, 1.54) is 11.3 Å².